The second-order valence-corrected chi connectivity index (χ2v) is 6.15. The van der Waals surface area contributed by atoms with Crippen molar-refractivity contribution >= 4 is 11.3 Å². The highest BCUT2D eigenvalue weighted by Crippen LogP contribution is 2.28. The molecule has 0 amide bonds. The first kappa shape index (κ1) is 16.1. The molecule has 0 bridgehead atoms. The van der Waals surface area contributed by atoms with Gasteiger partial charge >= 0.3 is 0 Å². The molecule has 2 rings (SSSR count). The van der Waals surface area contributed by atoms with Crippen LogP contribution in [0.5, 0.6) is 0 Å². The first-order valence-electron chi connectivity index (χ1n) is 7.40. The molecule has 0 fully saturated rings. The molecule has 2 heterocycles. The van der Waals surface area contributed by atoms with Crippen LogP contribution in [-0.4, -0.2) is 35.0 Å². The van der Waals surface area contributed by atoms with Gasteiger partial charge in [0.25, 0.3) is 0 Å². The van der Waals surface area contributed by atoms with E-state index in [9.17, 15) is 0 Å². The average molecular weight is 308 g/mol. The molecule has 2 aromatic heterocycles. The van der Waals surface area contributed by atoms with Crippen LogP contribution in [-0.2, 0) is 17.7 Å². The van der Waals surface area contributed by atoms with Gasteiger partial charge in [0.15, 0.2) is 0 Å². The van der Waals surface area contributed by atoms with E-state index in [0.717, 1.165) is 30.1 Å². The van der Waals surface area contributed by atoms with E-state index in [4.69, 9.17) is 9.72 Å². The third-order valence-corrected chi connectivity index (χ3v) is 4.53. The average Bonchev–Trinajstić information content (AvgIpc) is 3.10. The third-order valence-electron chi connectivity index (χ3n) is 3.46. The lowest BCUT2D eigenvalue weighted by atomic mass is 10.1. The first-order chi connectivity index (χ1) is 10.2. The number of hydrogen-bond donors (Lipinski definition) is 1. The number of nitrogens with one attached hydrogen (secondary N) is 1. The predicted octanol–water partition coefficient (Wildman–Crippen LogP) is 2.56. The van der Waals surface area contributed by atoms with Crippen molar-refractivity contribution in [1.82, 2.24) is 20.1 Å². The molecule has 21 heavy (non-hydrogen) atoms. The monoisotopic (exact) mass is 308 g/mol. The lowest BCUT2D eigenvalue weighted by Gasteiger charge is -2.14. The minimum atomic E-state index is 0.0875. The van der Waals surface area contributed by atoms with Gasteiger partial charge in [-0.3, -0.25) is 4.68 Å². The Morgan fingerprint density at radius 1 is 1.43 bits per heavy atom. The standard InChI is InChI=1S/C15H24N4OS/c1-5-13-11(3)21-15(18-13)14(16-7-8-20-4)12-9-17-19(6-2)10-12/h9-10,14,16H,5-8H2,1-4H3. The minimum absolute atomic E-state index is 0.0875. The van der Waals surface area contributed by atoms with Crippen molar-refractivity contribution in [2.24, 2.45) is 0 Å². The molecule has 2 aromatic rings. The number of ether oxygens (including phenoxy) is 1. The maximum atomic E-state index is 5.14. The van der Waals surface area contributed by atoms with E-state index < -0.39 is 0 Å². The van der Waals surface area contributed by atoms with E-state index in [1.807, 2.05) is 10.9 Å². The van der Waals surface area contributed by atoms with Crippen LogP contribution in [0.2, 0.25) is 0 Å². The first-order valence-corrected chi connectivity index (χ1v) is 8.22. The normalized spacial score (nSPS) is 12.8. The summed E-state index contributed by atoms with van der Waals surface area (Å²) in [6.07, 6.45) is 4.99. The Morgan fingerprint density at radius 2 is 2.24 bits per heavy atom. The quantitative estimate of drug-likeness (QED) is 0.762. The maximum Gasteiger partial charge on any atom is 0.115 e. The molecule has 1 N–H and O–H groups in total. The lowest BCUT2D eigenvalue weighted by molar-refractivity contribution is 0.197. The number of hydrogen-bond acceptors (Lipinski definition) is 5. The summed E-state index contributed by atoms with van der Waals surface area (Å²) in [4.78, 5) is 6.10. The second kappa shape index (κ2) is 7.68. The summed E-state index contributed by atoms with van der Waals surface area (Å²) in [6, 6.07) is 0.0875. The van der Waals surface area contributed by atoms with E-state index in [0.29, 0.717) is 6.61 Å². The molecule has 0 radical (unpaired) electrons. The summed E-state index contributed by atoms with van der Waals surface area (Å²) in [7, 11) is 1.72. The minimum Gasteiger partial charge on any atom is -0.383 e. The fourth-order valence-electron chi connectivity index (χ4n) is 2.26. The summed E-state index contributed by atoms with van der Waals surface area (Å²) in [6.45, 7) is 8.73. The van der Waals surface area contributed by atoms with Gasteiger partial charge in [0.2, 0.25) is 0 Å². The van der Waals surface area contributed by atoms with Crippen LogP contribution < -0.4 is 5.32 Å². The SMILES string of the molecule is CCc1nc(C(NCCOC)c2cnn(CC)c2)sc1C. The van der Waals surface area contributed by atoms with E-state index >= 15 is 0 Å². The molecule has 0 spiro atoms. The summed E-state index contributed by atoms with van der Waals surface area (Å²) >= 11 is 1.77. The number of rotatable bonds is 8. The van der Waals surface area contributed by atoms with Crippen molar-refractivity contribution in [2.75, 3.05) is 20.3 Å². The van der Waals surface area contributed by atoms with Crippen LogP contribution in [0.1, 0.15) is 41.0 Å². The third kappa shape index (κ3) is 3.90. The van der Waals surface area contributed by atoms with Gasteiger partial charge in [-0.2, -0.15) is 5.10 Å². The van der Waals surface area contributed by atoms with Crippen molar-refractivity contribution in [1.29, 1.82) is 0 Å². The zero-order chi connectivity index (χ0) is 15.2. The summed E-state index contributed by atoms with van der Waals surface area (Å²) in [5.41, 5.74) is 2.35. The molecule has 1 atom stereocenters. The van der Waals surface area contributed by atoms with Gasteiger partial charge in [0.1, 0.15) is 5.01 Å². The van der Waals surface area contributed by atoms with E-state index in [1.54, 1.807) is 18.4 Å². The molecule has 6 heteroatoms. The van der Waals surface area contributed by atoms with E-state index in [2.05, 4.69) is 37.4 Å². The van der Waals surface area contributed by atoms with Gasteiger partial charge in [0, 0.05) is 36.8 Å². The number of aromatic nitrogens is 3. The van der Waals surface area contributed by atoms with Crippen LogP contribution in [0.4, 0.5) is 0 Å². The Morgan fingerprint density at radius 3 is 2.81 bits per heavy atom. The molecular weight excluding hydrogens is 284 g/mol. The highest BCUT2D eigenvalue weighted by molar-refractivity contribution is 7.11. The second-order valence-electron chi connectivity index (χ2n) is 4.92. The molecule has 0 aliphatic heterocycles. The molecule has 0 aliphatic carbocycles. The Bertz CT molecular complexity index is 564. The lowest BCUT2D eigenvalue weighted by Crippen LogP contribution is -2.25. The van der Waals surface area contributed by atoms with Crippen molar-refractivity contribution in [3.63, 3.8) is 0 Å². The molecule has 1 unspecified atom stereocenters. The zero-order valence-corrected chi connectivity index (χ0v) is 14.0. The van der Waals surface area contributed by atoms with Gasteiger partial charge < -0.3 is 10.1 Å². The Balaban J connectivity index is 2.25. The number of methoxy groups -OCH3 is 1. The van der Waals surface area contributed by atoms with E-state index in [1.165, 1.54) is 10.6 Å². The van der Waals surface area contributed by atoms with Crippen LogP contribution in [0, 0.1) is 6.92 Å². The van der Waals surface area contributed by atoms with Gasteiger partial charge in [-0.25, -0.2) is 4.98 Å². The van der Waals surface area contributed by atoms with Crippen LogP contribution in [0.3, 0.4) is 0 Å². The topological polar surface area (TPSA) is 52.0 Å². The molecule has 0 aliphatic rings. The summed E-state index contributed by atoms with van der Waals surface area (Å²) in [5, 5.41) is 9.01. The Hall–Kier alpha value is -1.24. The van der Waals surface area contributed by atoms with Gasteiger partial charge in [-0.1, -0.05) is 6.92 Å². The Kier molecular flexibility index (Phi) is 5.90. The fraction of sp³-hybridized carbons (Fsp3) is 0.600. The molecular formula is C15H24N4OS. The molecule has 0 saturated heterocycles. The van der Waals surface area contributed by atoms with Gasteiger partial charge in [-0.05, 0) is 20.3 Å². The van der Waals surface area contributed by atoms with Crippen molar-refractivity contribution in [3.05, 3.63) is 33.5 Å². The number of aryl methyl sites for hydroxylation is 3. The van der Waals surface area contributed by atoms with Crippen molar-refractivity contribution in [3.8, 4) is 0 Å². The predicted molar refractivity (Wildman–Crippen MR) is 85.9 cm³/mol. The molecule has 0 saturated carbocycles. The molecule has 0 aromatic carbocycles. The number of thiazole rings is 1. The largest absolute Gasteiger partial charge is 0.383 e. The fourth-order valence-corrected chi connectivity index (χ4v) is 3.37. The molecule has 5 nitrogen and oxygen atoms in total. The highest BCUT2D eigenvalue weighted by Gasteiger charge is 2.20. The highest BCUT2D eigenvalue weighted by atomic mass is 32.1. The van der Waals surface area contributed by atoms with Crippen LogP contribution in [0.25, 0.3) is 0 Å². The van der Waals surface area contributed by atoms with Gasteiger partial charge in [0.05, 0.1) is 24.5 Å². The van der Waals surface area contributed by atoms with Crippen LogP contribution >= 0.6 is 11.3 Å². The van der Waals surface area contributed by atoms with Crippen molar-refractivity contribution < 1.29 is 4.74 Å². The van der Waals surface area contributed by atoms with Crippen LogP contribution in [0.15, 0.2) is 12.4 Å². The zero-order valence-electron chi connectivity index (χ0n) is 13.2. The smallest absolute Gasteiger partial charge is 0.115 e. The summed E-state index contributed by atoms with van der Waals surface area (Å²) < 4.78 is 7.09. The molecule has 116 valence electrons. The van der Waals surface area contributed by atoms with E-state index in [-0.39, 0.29) is 6.04 Å². The maximum absolute atomic E-state index is 5.14. The summed E-state index contributed by atoms with van der Waals surface area (Å²) in [5.74, 6) is 0. The van der Waals surface area contributed by atoms with Gasteiger partial charge in [-0.15, -0.1) is 11.3 Å². The Labute approximate surface area is 130 Å². The van der Waals surface area contributed by atoms with Crippen molar-refractivity contribution in [2.45, 2.75) is 39.8 Å². The number of nitrogens with zero attached hydrogens (tertiary/aromatic N) is 3.